The summed E-state index contributed by atoms with van der Waals surface area (Å²) in [4.78, 5) is 2.80. The third-order valence-electron chi connectivity index (χ3n) is 8.71. The Hall–Kier alpha value is -2.74. The van der Waals surface area contributed by atoms with E-state index in [4.69, 9.17) is 0 Å². The molecule has 31 heavy (non-hydrogen) atoms. The SMILES string of the molecule is Cc1cc2c(cc1N1C(C)C3(C)CCC1(C)CC3)c1ccccc1n2-c1ccccc1. The molecule has 1 aromatic heterocycles. The van der Waals surface area contributed by atoms with Gasteiger partial charge in [-0.15, -0.1) is 0 Å². The van der Waals surface area contributed by atoms with Gasteiger partial charge >= 0.3 is 0 Å². The molecule has 0 radical (unpaired) electrons. The molecular weight excluding hydrogens is 376 g/mol. The van der Waals surface area contributed by atoms with Crippen LogP contribution in [0.2, 0.25) is 0 Å². The van der Waals surface area contributed by atoms with Crippen LogP contribution in [0.4, 0.5) is 5.69 Å². The van der Waals surface area contributed by atoms with Gasteiger partial charge in [0.2, 0.25) is 0 Å². The Morgan fingerprint density at radius 2 is 1.45 bits per heavy atom. The van der Waals surface area contributed by atoms with Gasteiger partial charge in [0.1, 0.15) is 0 Å². The van der Waals surface area contributed by atoms with E-state index in [0.717, 1.165) is 0 Å². The van der Waals surface area contributed by atoms with Crippen molar-refractivity contribution in [2.24, 2.45) is 5.41 Å². The minimum Gasteiger partial charge on any atom is -0.363 e. The Labute approximate surface area is 185 Å². The Bertz CT molecular complexity index is 1290. The van der Waals surface area contributed by atoms with Crippen molar-refractivity contribution in [1.29, 1.82) is 0 Å². The second kappa shape index (κ2) is 6.38. The average Bonchev–Trinajstić information content (AvgIpc) is 3.09. The normalized spacial score (nSPS) is 28.0. The minimum atomic E-state index is 0.271. The first-order chi connectivity index (χ1) is 14.9. The van der Waals surface area contributed by atoms with E-state index in [1.807, 2.05) is 0 Å². The van der Waals surface area contributed by atoms with Gasteiger partial charge in [0.05, 0.1) is 11.0 Å². The first kappa shape index (κ1) is 19.0. The molecule has 2 heteroatoms. The van der Waals surface area contributed by atoms with Crippen molar-refractivity contribution in [3.63, 3.8) is 0 Å². The summed E-state index contributed by atoms with van der Waals surface area (Å²) in [5, 5.41) is 2.70. The zero-order chi connectivity index (χ0) is 21.4. The topological polar surface area (TPSA) is 8.17 Å². The maximum atomic E-state index is 2.80. The van der Waals surface area contributed by atoms with Gasteiger partial charge in [0, 0.05) is 33.7 Å². The first-order valence-corrected chi connectivity index (χ1v) is 11.8. The molecule has 2 bridgehead atoms. The summed E-state index contributed by atoms with van der Waals surface area (Å²) in [6.45, 7) is 9.79. The molecular formula is C29H32N2. The van der Waals surface area contributed by atoms with Crippen molar-refractivity contribution in [3.8, 4) is 5.69 Å². The van der Waals surface area contributed by atoms with Gasteiger partial charge in [-0.1, -0.05) is 43.3 Å². The summed E-state index contributed by atoms with van der Waals surface area (Å²) in [5.41, 5.74) is 7.34. The number of fused-ring (bicyclic) bond motifs is 6. The van der Waals surface area contributed by atoms with Crippen molar-refractivity contribution in [1.82, 2.24) is 4.57 Å². The molecule has 1 atom stereocenters. The molecule has 3 fully saturated rings. The van der Waals surface area contributed by atoms with Crippen molar-refractivity contribution >= 4 is 27.5 Å². The summed E-state index contributed by atoms with van der Waals surface area (Å²) < 4.78 is 2.43. The largest absolute Gasteiger partial charge is 0.363 e. The number of nitrogens with zero attached hydrogens (tertiary/aromatic N) is 2. The molecule has 0 spiro atoms. The monoisotopic (exact) mass is 408 g/mol. The summed E-state index contributed by atoms with van der Waals surface area (Å²) in [6, 6.07) is 25.1. The number of anilines is 1. The highest BCUT2D eigenvalue weighted by molar-refractivity contribution is 6.10. The molecule has 2 saturated heterocycles. The smallest absolute Gasteiger partial charge is 0.0545 e. The fourth-order valence-corrected chi connectivity index (χ4v) is 6.52. The van der Waals surface area contributed by atoms with Gasteiger partial charge in [-0.05, 0) is 87.8 Å². The fourth-order valence-electron chi connectivity index (χ4n) is 6.52. The van der Waals surface area contributed by atoms with E-state index in [1.54, 1.807) is 0 Å². The number of aromatic nitrogens is 1. The third-order valence-corrected chi connectivity index (χ3v) is 8.71. The highest BCUT2D eigenvalue weighted by Gasteiger charge is 2.53. The molecule has 1 saturated carbocycles. The maximum Gasteiger partial charge on any atom is 0.0545 e. The summed E-state index contributed by atoms with van der Waals surface area (Å²) in [5.74, 6) is 0. The van der Waals surface area contributed by atoms with Crippen LogP contribution in [0.5, 0.6) is 0 Å². The number of para-hydroxylation sites is 2. The van der Waals surface area contributed by atoms with Crippen molar-refractivity contribution < 1.29 is 0 Å². The molecule has 1 aliphatic carbocycles. The molecule has 0 N–H and O–H groups in total. The standard InChI is InChI=1S/C29H32N2/c1-20-18-27-24(19-26(20)31-21(2)28(3)14-16-29(31,4)17-15-28)23-12-8-9-13-25(23)30(27)22-10-6-5-7-11-22/h5-13,18-19,21H,14-17H2,1-4H3. The van der Waals surface area contributed by atoms with Gasteiger partial charge in [-0.3, -0.25) is 0 Å². The second-order valence-electron chi connectivity index (χ2n) is 10.5. The fraction of sp³-hybridized carbons (Fsp3) is 0.379. The Kier molecular flexibility index (Phi) is 3.91. The van der Waals surface area contributed by atoms with Crippen LogP contribution in [0, 0.1) is 12.3 Å². The van der Waals surface area contributed by atoms with E-state index >= 15 is 0 Å². The molecule has 7 rings (SSSR count). The molecule has 3 heterocycles. The highest BCUT2D eigenvalue weighted by Crippen LogP contribution is 2.55. The van der Waals surface area contributed by atoms with Crippen LogP contribution >= 0.6 is 0 Å². The number of hydrogen-bond donors (Lipinski definition) is 0. The molecule has 0 amide bonds. The third kappa shape index (κ3) is 2.57. The molecule has 3 aliphatic rings. The minimum absolute atomic E-state index is 0.271. The molecule has 2 aliphatic heterocycles. The van der Waals surface area contributed by atoms with Crippen molar-refractivity contribution in [3.05, 3.63) is 72.3 Å². The Morgan fingerprint density at radius 3 is 2.19 bits per heavy atom. The van der Waals surface area contributed by atoms with Crippen LogP contribution in [0.3, 0.4) is 0 Å². The van der Waals surface area contributed by atoms with E-state index in [-0.39, 0.29) is 5.54 Å². The predicted octanol–water partition coefficient (Wildman–Crippen LogP) is 7.64. The van der Waals surface area contributed by atoms with Crippen LogP contribution in [-0.2, 0) is 0 Å². The van der Waals surface area contributed by atoms with E-state index in [2.05, 4.69) is 104 Å². The van der Waals surface area contributed by atoms with Crippen LogP contribution in [0.25, 0.3) is 27.5 Å². The van der Waals surface area contributed by atoms with E-state index in [9.17, 15) is 0 Å². The Balaban J connectivity index is 1.63. The molecule has 4 aromatic rings. The zero-order valence-electron chi connectivity index (χ0n) is 19.2. The summed E-state index contributed by atoms with van der Waals surface area (Å²) in [7, 11) is 0. The van der Waals surface area contributed by atoms with Crippen molar-refractivity contribution in [2.45, 2.75) is 65.0 Å². The van der Waals surface area contributed by atoms with Gasteiger partial charge in [0.15, 0.2) is 0 Å². The zero-order valence-corrected chi connectivity index (χ0v) is 19.2. The van der Waals surface area contributed by atoms with Crippen LogP contribution in [0.15, 0.2) is 66.7 Å². The quantitative estimate of drug-likeness (QED) is 0.331. The van der Waals surface area contributed by atoms with Crippen LogP contribution in [-0.4, -0.2) is 16.1 Å². The lowest BCUT2D eigenvalue weighted by Gasteiger charge is -2.63. The number of aryl methyl sites for hydroxylation is 1. The van der Waals surface area contributed by atoms with Gasteiger partial charge in [0.25, 0.3) is 0 Å². The van der Waals surface area contributed by atoms with Gasteiger partial charge in [-0.2, -0.15) is 0 Å². The molecule has 158 valence electrons. The number of hydrogen-bond acceptors (Lipinski definition) is 1. The van der Waals surface area contributed by atoms with Gasteiger partial charge in [-0.25, -0.2) is 0 Å². The highest BCUT2D eigenvalue weighted by atomic mass is 15.3. The second-order valence-corrected chi connectivity index (χ2v) is 10.5. The van der Waals surface area contributed by atoms with Crippen LogP contribution in [0.1, 0.15) is 52.0 Å². The number of benzene rings is 3. The first-order valence-electron chi connectivity index (χ1n) is 11.8. The molecule has 2 nitrogen and oxygen atoms in total. The van der Waals surface area contributed by atoms with Crippen LogP contribution < -0.4 is 4.90 Å². The number of piperidine rings is 2. The summed E-state index contributed by atoms with van der Waals surface area (Å²) >= 11 is 0. The lowest BCUT2D eigenvalue weighted by atomic mass is 9.59. The van der Waals surface area contributed by atoms with E-state index in [1.165, 1.54) is 64.4 Å². The Morgan fingerprint density at radius 1 is 0.774 bits per heavy atom. The lowest BCUT2D eigenvalue weighted by molar-refractivity contribution is 0.0509. The molecule has 3 aromatic carbocycles. The number of rotatable bonds is 2. The van der Waals surface area contributed by atoms with E-state index in [0.29, 0.717) is 11.5 Å². The maximum absolute atomic E-state index is 2.80. The molecule has 1 unspecified atom stereocenters. The van der Waals surface area contributed by atoms with Crippen molar-refractivity contribution in [2.75, 3.05) is 4.90 Å². The van der Waals surface area contributed by atoms with Gasteiger partial charge < -0.3 is 9.47 Å². The lowest BCUT2D eigenvalue weighted by Crippen LogP contribution is -2.65. The van der Waals surface area contributed by atoms with E-state index < -0.39 is 0 Å². The summed E-state index contributed by atoms with van der Waals surface area (Å²) in [6.07, 6.45) is 5.32. The predicted molar refractivity (Wildman–Crippen MR) is 132 cm³/mol. The average molecular weight is 409 g/mol.